The quantitative estimate of drug-likeness (QED) is 0.385. The van der Waals surface area contributed by atoms with E-state index in [4.69, 9.17) is 0 Å². The van der Waals surface area contributed by atoms with Gasteiger partial charge in [-0.1, -0.05) is 46.8 Å². The maximum Gasteiger partial charge on any atom is 0.309 e. The number of aliphatic hydroxyl groups excluding tert-OH is 1. The molecule has 5 saturated carbocycles. The van der Waals surface area contributed by atoms with Crippen molar-refractivity contribution in [3.63, 3.8) is 0 Å². The Bertz CT molecular complexity index is 923. The largest absolute Gasteiger partial charge is 0.481 e. The summed E-state index contributed by atoms with van der Waals surface area (Å²) in [7, 11) is 0. The van der Waals surface area contributed by atoms with Crippen molar-refractivity contribution in [2.24, 2.45) is 62.6 Å². The van der Waals surface area contributed by atoms with Gasteiger partial charge in [0.05, 0.1) is 11.5 Å². The van der Waals surface area contributed by atoms with Crippen molar-refractivity contribution in [3.8, 4) is 0 Å². The van der Waals surface area contributed by atoms with Gasteiger partial charge < -0.3 is 15.0 Å². The van der Waals surface area contributed by atoms with Crippen LogP contribution in [0.3, 0.4) is 0 Å². The zero-order valence-electron chi connectivity index (χ0n) is 22.2. The van der Waals surface area contributed by atoms with Gasteiger partial charge in [-0.25, -0.2) is 0 Å². The first-order chi connectivity index (χ1) is 15.7. The van der Waals surface area contributed by atoms with E-state index in [2.05, 4.69) is 48.1 Å². The molecule has 0 unspecified atom stereocenters. The lowest BCUT2D eigenvalue weighted by atomic mass is 9.34. The van der Waals surface area contributed by atoms with Gasteiger partial charge in [-0.15, -0.1) is 0 Å². The lowest BCUT2D eigenvalue weighted by Crippen LogP contribution is -2.65. The standard InChI is InChI=1S/C30H46O4/c1-17(2)18-10-13-30(25(33)34)15-14-27(5)19(23(18)30)8-9-22-28(27,6)12-11-21-26(3,4)24(32)20(16-31)29(21,22)7/h16,18-24,32H,1,8-15H2,2-7H3,(H,33,34)/t18-,19+,20+,21-,22-,23+,24-,27+,28+,29-,30-/m0/s1. The Morgan fingerprint density at radius 3 is 2.18 bits per heavy atom. The van der Waals surface area contributed by atoms with Crippen molar-refractivity contribution in [1.29, 1.82) is 0 Å². The normalized spacial score (nSPS) is 55.4. The van der Waals surface area contributed by atoms with E-state index in [1.807, 2.05) is 0 Å². The van der Waals surface area contributed by atoms with Crippen LogP contribution in [0.25, 0.3) is 0 Å². The number of carbonyl (C=O) groups excluding carboxylic acids is 1. The predicted octanol–water partition coefficient (Wildman–Crippen LogP) is 6.12. The molecular formula is C30H46O4. The van der Waals surface area contributed by atoms with Crippen molar-refractivity contribution in [2.45, 2.75) is 99.0 Å². The van der Waals surface area contributed by atoms with Gasteiger partial charge in [0.1, 0.15) is 6.29 Å². The second kappa shape index (κ2) is 7.20. The minimum absolute atomic E-state index is 0.0371. The third-order valence-electron chi connectivity index (χ3n) is 13.5. The van der Waals surface area contributed by atoms with E-state index in [1.165, 1.54) is 0 Å². The van der Waals surface area contributed by atoms with Crippen LogP contribution in [0.1, 0.15) is 92.9 Å². The van der Waals surface area contributed by atoms with E-state index in [1.54, 1.807) is 0 Å². The van der Waals surface area contributed by atoms with Crippen molar-refractivity contribution < 1.29 is 19.8 Å². The number of aliphatic hydroxyl groups is 1. The van der Waals surface area contributed by atoms with Crippen LogP contribution in [-0.2, 0) is 9.59 Å². The van der Waals surface area contributed by atoms with Crippen molar-refractivity contribution in [3.05, 3.63) is 12.2 Å². The van der Waals surface area contributed by atoms with Crippen LogP contribution < -0.4 is 0 Å². The summed E-state index contributed by atoms with van der Waals surface area (Å²) in [5.41, 5.74) is 0.153. The summed E-state index contributed by atoms with van der Waals surface area (Å²) < 4.78 is 0. The van der Waals surface area contributed by atoms with Crippen LogP contribution in [0.5, 0.6) is 0 Å². The number of carboxylic acids is 1. The molecule has 5 rings (SSSR count). The number of allylic oxidation sites excluding steroid dienone is 1. The lowest BCUT2D eigenvalue weighted by Gasteiger charge is -2.70. The van der Waals surface area contributed by atoms with Gasteiger partial charge in [0, 0.05) is 5.92 Å². The molecule has 0 aromatic heterocycles. The molecule has 0 radical (unpaired) electrons. The van der Waals surface area contributed by atoms with E-state index in [0.717, 1.165) is 63.2 Å². The highest BCUT2D eigenvalue weighted by Crippen LogP contribution is 2.78. The predicted molar refractivity (Wildman–Crippen MR) is 133 cm³/mol. The van der Waals surface area contributed by atoms with Crippen LogP contribution in [0, 0.1) is 62.6 Å². The average Bonchev–Trinajstić information content (AvgIpc) is 3.22. The summed E-state index contributed by atoms with van der Waals surface area (Å²) in [6.45, 7) is 18.0. The SMILES string of the molecule is C=C(C)[C@@H]1CC[C@]2(C(=O)O)CC[C@]3(C)[C@H](CC[C@@H]4[C@@]5(C)[C@H](C=O)[C@H](O)C(C)(C)[C@@H]5CC[C@]43C)[C@@H]12. The monoisotopic (exact) mass is 470 g/mol. The summed E-state index contributed by atoms with van der Waals surface area (Å²) in [5, 5.41) is 21.8. The van der Waals surface area contributed by atoms with Crippen LogP contribution in [0.4, 0.5) is 0 Å². The van der Waals surface area contributed by atoms with Crippen LogP contribution in [0.15, 0.2) is 12.2 Å². The third kappa shape index (κ3) is 2.55. The molecule has 11 atom stereocenters. The number of carboxylic acid groups (broad SMARTS) is 1. The van der Waals surface area contributed by atoms with E-state index in [9.17, 15) is 19.8 Å². The molecule has 4 nitrogen and oxygen atoms in total. The molecule has 0 bridgehead atoms. The van der Waals surface area contributed by atoms with Gasteiger partial charge in [0.15, 0.2) is 0 Å². The van der Waals surface area contributed by atoms with Crippen LogP contribution in [-0.4, -0.2) is 28.6 Å². The van der Waals surface area contributed by atoms with Gasteiger partial charge in [0.2, 0.25) is 0 Å². The van der Waals surface area contributed by atoms with E-state index >= 15 is 0 Å². The molecule has 0 aromatic carbocycles. The first-order valence-electron chi connectivity index (χ1n) is 13.8. The fraction of sp³-hybridized carbons (Fsp3) is 0.867. The number of carbonyl (C=O) groups is 2. The number of hydrogen-bond donors (Lipinski definition) is 2. The second-order valence-electron chi connectivity index (χ2n) is 14.4. The average molecular weight is 471 g/mol. The molecule has 5 aliphatic carbocycles. The molecule has 190 valence electrons. The number of fused-ring (bicyclic) bond motifs is 7. The van der Waals surface area contributed by atoms with Crippen molar-refractivity contribution in [1.82, 2.24) is 0 Å². The fourth-order valence-corrected chi connectivity index (χ4v) is 11.7. The maximum atomic E-state index is 12.8. The van der Waals surface area contributed by atoms with Gasteiger partial charge in [-0.2, -0.15) is 0 Å². The summed E-state index contributed by atoms with van der Waals surface area (Å²) in [5.74, 6) is 0.617. The number of rotatable bonds is 3. The Balaban J connectivity index is 1.61. The summed E-state index contributed by atoms with van der Waals surface area (Å²) in [4.78, 5) is 25.2. The topological polar surface area (TPSA) is 74.6 Å². The Morgan fingerprint density at radius 1 is 0.912 bits per heavy atom. The van der Waals surface area contributed by atoms with E-state index in [-0.39, 0.29) is 33.5 Å². The van der Waals surface area contributed by atoms with Gasteiger partial charge in [0.25, 0.3) is 0 Å². The zero-order chi connectivity index (χ0) is 25.1. The molecule has 0 amide bonds. The van der Waals surface area contributed by atoms with E-state index in [0.29, 0.717) is 23.7 Å². The first-order valence-corrected chi connectivity index (χ1v) is 13.8. The molecule has 0 aliphatic heterocycles. The molecule has 2 N–H and O–H groups in total. The maximum absolute atomic E-state index is 12.8. The number of hydrogen-bond acceptors (Lipinski definition) is 3. The smallest absolute Gasteiger partial charge is 0.309 e. The molecule has 4 heteroatoms. The highest BCUT2D eigenvalue weighted by atomic mass is 16.4. The summed E-state index contributed by atoms with van der Waals surface area (Å²) in [6, 6.07) is 0. The Kier molecular flexibility index (Phi) is 5.20. The minimum Gasteiger partial charge on any atom is -0.481 e. The second-order valence-corrected chi connectivity index (χ2v) is 14.4. The Morgan fingerprint density at radius 2 is 1.59 bits per heavy atom. The van der Waals surface area contributed by atoms with Crippen molar-refractivity contribution >= 4 is 12.3 Å². The minimum atomic E-state index is -0.602. The summed E-state index contributed by atoms with van der Waals surface area (Å²) in [6.07, 6.45) is 8.13. The zero-order valence-corrected chi connectivity index (χ0v) is 22.2. The van der Waals surface area contributed by atoms with Gasteiger partial charge in [-0.05, 0) is 110 Å². The molecule has 0 heterocycles. The Hall–Kier alpha value is -1.16. The first kappa shape index (κ1) is 24.5. The highest BCUT2D eigenvalue weighted by Gasteiger charge is 2.74. The number of aldehydes is 1. The molecule has 5 fully saturated rings. The summed E-state index contributed by atoms with van der Waals surface area (Å²) >= 11 is 0. The van der Waals surface area contributed by atoms with Gasteiger partial charge >= 0.3 is 5.97 Å². The molecule has 0 saturated heterocycles. The van der Waals surface area contributed by atoms with Crippen molar-refractivity contribution in [2.75, 3.05) is 0 Å². The van der Waals surface area contributed by atoms with Crippen LogP contribution in [0.2, 0.25) is 0 Å². The molecule has 5 aliphatic rings. The van der Waals surface area contributed by atoms with E-state index < -0.39 is 17.5 Å². The highest BCUT2D eigenvalue weighted by molar-refractivity contribution is 5.76. The lowest BCUT2D eigenvalue weighted by molar-refractivity contribution is -0.225. The number of aliphatic carboxylic acids is 1. The third-order valence-corrected chi connectivity index (χ3v) is 13.5. The fourth-order valence-electron chi connectivity index (χ4n) is 11.7. The molecular weight excluding hydrogens is 424 g/mol. The molecule has 0 spiro atoms. The van der Waals surface area contributed by atoms with Crippen LogP contribution >= 0.6 is 0 Å². The Labute approximate surface area is 206 Å². The van der Waals surface area contributed by atoms with Gasteiger partial charge in [-0.3, -0.25) is 4.79 Å². The molecule has 0 aromatic rings. The molecule has 34 heavy (non-hydrogen) atoms.